The van der Waals surface area contributed by atoms with Crippen LogP contribution in [0, 0.1) is 17.3 Å². The molecule has 110 valence electrons. The normalized spacial score (nSPS) is 24.4. The predicted molar refractivity (Wildman–Crippen MR) is 77.9 cm³/mol. The first kappa shape index (κ1) is 14.9. The first-order valence-electron chi connectivity index (χ1n) is 8.32. The molecule has 0 amide bonds. The molecule has 0 heterocycles. The second kappa shape index (κ2) is 6.76. The molecule has 2 saturated carbocycles. The van der Waals surface area contributed by atoms with Crippen molar-refractivity contribution >= 4 is 5.97 Å². The van der Waals surface area contributed by atoms with E-state index in [-0.39, 0.29) is 11.4 Å². The smallest absolute Gasteiger partial charge is 0.312 e. The first-order valence-corrected chi connectivity index (χ1v) is 8.32. The van der Waals surface area contributed by atoms with Crippen LogP contribution in [0.3, 0.4) is 0 Å². The van der Waals surface area contributed by atoms with Crippen molar-refractivity contribution in [3.63, 3.8) is 0 Å². The Balaban J connectivity index is 2.06. The molecule has 19 heavy (non-hydrogen) atoms. The minimum Gasteiger partial charge on any atom is -0.465 e. The predicted octanol–water partition coefficient (Wildman–Crippen LogP) is 4.72. The highest BCUT2D eigenvalue weighted by molar-refractivity contribution is 5.77. The molecule has 0 saturated heterocycles. The third kappa shape index (κ3) is 3.52. The Bertz CT molecular complexity index is 284. The molecule has 2 heteroatoms. The number of esters is 1. The summed E-state index contributed by atoms with van der Waals surface area (Å²) in [5, 5.41) is 0. The lowest BCUT2D eigenvalue weighted by molar-refractivity contribution is -0.165. The van der Waals surface area contributed by atoms with Gasteiger partial charge in [-0.2, -0.15) is 0 Å². The number of hydrogen-bond donors (Lipinski definition) is 0. The molecule has 0 N–H and O–H groups in total. The van der Waals surface area contributed by atoms with Gasteiger partial charge < -0.3 is 4.74 Å². The number of carbonyl (C=O) groups excluding carboxylic acids is 1. The molecule has 0 bridgehead atoms. The van der Waals surface area contributed by atoms with Gasteiger partial charge >= 0.3 is 5.97 Å². The second-order valence-electron chi connectivity index (χ2n) is 7.04. The maximum absolute atomic E-state index is 12.7. The molecule has 0 spiro atoms. The molecule has 2 nitrogen and oxygen atoms in total. The summed E-state index contributed by atoms with van der Waals surface area (Å²) in [4.78, 5) is 12.7. The Morgan fingerprint density at radius 1 is 1.05 bits per heavy atom. The van der Waals surface area contributed by atoms with E-state index >= 15 is 0 Å². The van der Waals surface area contributed by atoms with Crippen LogP contribution in [0.4, 0.5) is 0 Å². The topological polar surface area (TPSA) is 26.3 Å². The van der Waals surface area contributed by atoms with E-state index in [4.69, 9.17) is 4.74 Å². The van der Waals surface area contributed by atoms with Crippen molar-refractivity contribution in [3.05, 3.63) is 0 Å². The lowest BCUT2D eigenvalue weighted by atomic mass is 9.61. The molecular weight excluding hydrogens is 236 g/mol. The molecule has 0 unspecified atom stereocenters. The molecule has 2 rings (SSSR count). The first-order chi connectivity index (χ1) is 9.15. The minimum absolute atomic E-state index is 0.117. The molecule has 0 atom stereocenters. The van der Waals surface area contributed by atoms with Crippen LogP contribution in [0.25, 0.3) is 0 Å². The number of rotatable bonds is 4. The summed E-state index contributed by atoms with van der Waals surface area (Å²) in [5.41, 5.74) is -0.117. The summed E-state index contributed by atoms with van der Waals surface area (Å²) in [7, 11) is 0. The van der Waals surface area contributed by atoms with E-state index in [1.165, 1.54) is 51.4 Å². The summed E-state index contributed by atoms with van der Waals surface area (Å²) in [6.45, 7) is 4.82. The number of ether oxygens (including phenoxy) is 1. The maximum Gasteiger partial charge on any atom is 0.312 e. The van der Waals surface area contributed by atoms with E-state index in [2.05, 4.69) is 13.8 Å². The van der Waals surface area contributed by atoms with E-state index in [9.17, 15) is 4.79 Å². The van der Waals surface area contributed by atoms with E-state index < -0.39 is 0 Å². The zero-order valence-corrected chi connectivity index (χ0v) is 12.7. The van der Waals surface area contributed by atoms with Gasteiger partial charge in [-0.05, 0) is 37.5 Å². The van der Waals surface area contributed by atoms with Crippen LogP contribution in [-0.2, 0) is 9.53 Å². The third-order valence-electron chi connectivity index (χ3n) is 5.09. The van der Waals surface area contributed by atoms with E-state index in [1.807, 2.05) is 0 Å². The van der Waals surface area contributed by atoms with Gasteiger partial charge in [0.1, 0.15) is 0 Å². The maximum atomic E-state index is 12.7. The fourth-order valence-corrected chi connectivity index (χ4v) is 4.00. The van der Waals surface area contributed by atoms with Crippen LogP contribution < -0.4 is 0 Å². The average molecular weight is 266 g/mol. The molecular formula is C17H30O2. The zero-order chi connectivity index (χ0) is 13.7. The molecule has 2 aliphatic carbocycles. The van der Waals surface area contributed by atoms with Gasteiger partial charge in [-0.25, -0.2) is 0 Å². The summed E-state index contributed by atoms with van der Waals surface area (Å²) in [6.07, 6.45) is 12.4. The third-order valence-corrected chi connectivity index (χ3v) is 5.09. The highest BCUT2D eigenvalue weighted by atomic mass is 16.5. The molecule has 0 radical (unpaired) electrons. The molecule has 0 aromatic rings. The average Bonchev–Trinajstić information content (AvgIpc) is 2.46. The summed E-state index contributed by atoms with van der Waals surface area (Å²) < 4.78 is 5.66. The molecule has 0 aliphatic heterocycles. The zero-order valence-electron chi connectivity index (χ0n) is 12.7. The Kier molecular flexibility index (Phi) is 5.29. The van der Waals surface area contributed by atoms with Crippen molar-refractivity contribution < 1.29 is 9.53 Å². The van der Waals surface area contributed by atoms with Crippen LogP contribution in [0.15, 0.2) is 0 Å². The van der Waals surface area contributed by atoms with E-state index in [0.717, 1.165) is 12.8 Å². The molecule has 0 aromatic carbocycles. The van der Waals surface area contributed by atoms with Gasteiger partial charge in [-0.3, -0.25) is 4.79 Å². The number of carbonyl (C=O) groups is 1. The lowest BCUT2D eigenvalue weighted by Crippen LogP contribution is -2.43. The van der Waals surface area contributed by atoms with Crippen molar-refractivity contribution in [3.8, 4) is 0 Å². The monoisotopic (exact) mass is 266 g/mol. The summed E-state index contributed by atoms with van der Waals surface area (Å²) in [5.74, 6) is 1.17. The fourth-order valence-electron chi connectivity index (χ4n) is 4.00. The lowest BCUT2D eigenvalue weighted by Gasteiger charge is -2.43. The Morgan fingerprint density at radius 3 is 2.21 bits per heavy atom. The van der Waals surface area contributed by atoms with Gasteiger partial charge in [0, 0.05) is 0 Å². The van der Waals surface area contributed by atoms with Gasteiger partial charge in [0.25, 0.3) is 0 Å². The van der Waals surface area contributed by atoms with Crippen LogP contribution >= 0.6 is 0 Å². The number of hydrogen-bond acceptors (Lipinski definition) is 2. The van der Waals surface area contributed by atoms with Crippen molar-refractivity contribution in [1.29, 1.82) is 0 Å². The molecule has 0 aromatic heterocycles. The van der Waals surface area contributed by atoms with Crippen LogP contribution in [0.2, 0.25) is 0 Å². The van der Waals surface area contributed by atoms with Crippen molar-refractivity contribution in [1.82, 2.24) is 0 Å². The van der Waals surface area contributed by atoms with Gasteiger partial charge in [0.2, 0.25) is 0 Å². The van der Waals surface area contributed by atoms with E-state index in [1.54, 1.807) is 0 Å². The Hall–Kier alpha value is -0.530. The summed E-state index contributed by atoms with van der Waals surface area (Å²) >= 11 is 0. The Morgan fingerprint density at radius 2 is 1.63 bits per heavy atom. The van der Waals surface area contributed by atoms with Crippen molar-refractivity contribution in [2.75, 3.05) is 6.61 Å². The minimum atomic E-state index is -0.117. The largest absolute Gasteiger partial charge is 0.465 e. The highest BCUT2D eigenvalue weighted by Gasteiger charge is 2.47. The highest BCUT2D eigenvalue weighted by Crippen LogP contribution is 2.49. The molecule has 2 aliphatic rings. The van der Waals surface area contributed by atoms with Crippen LogP contribution in [0.5, 0.6) is 0 Å². The van der Waals surface area contributed by atoms with Crippen molar-refractivity contribution in [2.45, 2.75) is 78.1 Å². The molecule has 2 fully saturated rings. The Labute approximate surface area is 118 Å². The van der Waals surface area contributed by atoms with Gasteiger partial charge in [0.15, 0.2) is 0 Å². The van der Waals surface area contributed by atoms with Crippen LogP contribution in [0.1, 0.15) is 78.1 Å². The van der Waals surface area contributed by atoms with Crippen LogP contribution in [-0.4, -0.2) is 12.6 Å². The van der Waals surface area contributed by atoms with E-state index in [0.29, 0.717) is 18.4 Å². The second-order valence-corrected chi connectivity index (χ2v) is 7.04. The fraction of sp³-hybridized carbons (Fsp3) is 0.941. The van der Waals surface area contributed by atoms with Gasteiger partial charge in [0.05, 0.1) is 12.0 Å². The van der Waals surface area contributed by atoms with Crippen molar-refractivity contribution in [2.24, 2.45) is 17.3 Å². The van der Waals surface area contributed by atoms with Gasteiger partial charge in [-0.1, -0.05) is 52.4 Å². The SMILES string of the molecule is CC(C)COC(=O)C1(C2CCCCC2)CCCCC1. The standard InChI is InChI=1S/C17H30O2/c1-14(2)13-19-16(18)17(11-7-4-8-12-17)15-9-5-3-6-10-15/h14-15H,3-13H2,1-2H3. The van der Waals surface area contributed by atoms with Gasteiger partial charge in [-0.15, -0.1) is 0 Å². The summed E-state index contributed by atoms with van der Waals surface area (Å²) in [6, 6.07) is 0. The quantitative estimate of drug-likeness (QED) is 0.688.